The number of nitrogens with zero attached hydrogens (tertiary/aromatic N) is 6. The molecule has 9 nitrogen and oxygen atoms in total. The summed E-state index contributed by atoms with van der Waals surface area (Å²) in [7, 11) is 1.87. The highest BCUT2D eigenvalue weighted by atomic mass is 16.3. The van der Waals surface area contributed by atoms with Crippen molar-refractivity contribution < 1.29 is 9.21 Å². The van der Waals surface area contributed by atoms with Gasteiger partial charge in [-0.05, 0) is 19.1 Å². The summed E-state index contributed by atoms with van der Waals surface area (Å²) >= 11 is 0. The van der Waals surface area contributed by atoms with Crippen LogP contribution in [0.15, 0.2) is 41.4 Å². The molecule has 5 rings (SSSR count). The first-order valence-electron chi connectivity index (χ1n) is 10.4. The molecule has 0 saturated carbocycles. The maximum atomic E-state index is 12.8. The summed E-state index contributed by atoms with van der Waals surface area (Å²) in [4.78, 5) is 26.3. The van der Waals surface area contributed by atoms with Gasteiger partial charge >= 0.3 is 0 Å². The number of rotatable bonds is 4. The third kappa shape index (κ3) is 3.24. The van der Waals surface area contributed by atoms with Crippen LogP contribution in [-0.4, -0.2) is 56.7 Å². The van der Waals surface area contributed by atoms with Gasteiger partial charge in [-0.25, -0.2) is 4.98 Å². The number of fused-ring (bicyclic) bond motifs is 1. The summed E-state index contributed by atoms with van der Waals surface area (Å²) in [5, 5.41) is 7.40. The number of amides is 1. The minimum absolute atomic E-state index is 0.0328. The Hall–Kier alpha value is -3.36. The van der Waals surface area contributed by atoms with Gasteiger partial charge in [-0.15, -0.1) is 0 Å². The van der Waals surface area contributed by atoms with Crippen LogP contribution in [0.5, 0.6) is 0 Å². The molecule has 2 aliphatic heterocycles. The van der Waals surface area contributed by atoms with Crippen LogP contribution in [-0.2, 0) is 7.05 Å². The number of hydrogen-bond acceptors (Lipinski definition) is 7. The molecule has 0 aliphatic carbocycles. The molecule has 0 unspecified atom stereocenters. The quantitative estimate of drug-likeness (QED) is 0.692. The highest BCUT2D eigenvalue weighted by molar-refractivity contribution is 5.91. The minimum Gasteiger partial charge on any atom is -0.459 e. The lowest BCUT2D eigenvalue weighted by molar-refractivity contribution is 0.0739. The first kappa shape index (κ1) is 19.6. The van der Waals surface area contributed by atoms with Crippen molar-refractivity contribution in [3.63, 3.8) is 0 Å². The van der Waals surface area contributed by atoms with Crippen LogP contribution in [0.1, 0.15) is 30.0 Å². The first-order valence-corrected chi connectivity index (χ1v) is 10.4. The van der Waals surface area contributed by atoms with Crippen LogP contribution in [0.4, 0.5) is 17.5 Å². The van der Waals surface area contributed by atoms with Gasteiger partial charge in [0.2, 0.25) is 5.95 Å². The Bertz CT molecular complexity index is 1100. The van der Waals surface area contributed by atoms with Crippen molar-refractivity contribution in [1.29, 1.82) is 0 Å². The second kappa shape index (κ2) is 6.83. The Morgan fingerprint density at radius 2 is 1.90 bits per heavy atom. The molecule has 2 atom stereocenters. The lowest BCUT2D eigenvalue weighted by atomic mass is 9.71. The van der Waals surface area contributed by atoms with Crippen LogP contribution in [0.2, 0.25) is 0 Å². The van der Waals surface area contributed by atoms with Gasteiger partial charge in [0.25, 0.3) is 5.91 Å². The number of furan rings is 1. The molecule has 1 N–H and O–H groups in total. The summed E-state index contributed by atoms with van der Waals surface area (Å²) in [5.41, 5.74) is 1.81. The van der Waals surface area contributed by atoms with Crippen LogP contribution in [0.3, 0.4) is 0 Å². The van der Waals surface area contributed by atoms with Gasteiger partial charge in [0, 0.05) is 62.0 Å². The van der Waals surface area contributed by atoms with E-state index < -0.39 is 0 Å². The summed E-state index contributed by atoms with van der Waals surface area (Å²) in [6.07, 6.45) is 7.03. The molecule has 2 saturated heterocycles. The zero-order valence-electron chi connectivity index (χ0n) is 18.3. The maximum absolute atomic E-state index is 12.8. The van der Waals surface area contributed by atoms with Gasteiger partial charge in [0.1, 0.15) is 5.82 Å². The number of anilines is 3. The summed E-state index contributed by atoms with van der Waals surface area (Å²) < 4.78 is 7.07. The van der Waals surface area contributed by atoms with Crippen molar-refractivity contribution in [3.8, 4) is 0 Å². The van der Waals surface area contributed by atoms with Crippen LogP contribution in [0, 0.1) is 17.8 Å². The zero-order chi connectivity index (χ0) is 21.8. The lowest BCUT2D eigenvalue weighted by Gasteiger charge is -2.29. The number of carbonyl (C=O) groups excluding carboxylic acids is 1. The van der Waals surface area contributed by atoms with Crippen LogP contribution < -0.4 is 10.2 Å². The minimum atomic E-state index is -0.0381. The second-order valence-corrected chi connectivity index (χ2v) is 9.34. The number of aryl methyl sites for hydroxylation is 2. The van der Waals surface area contributed by atoms with E-state index in [1.165, 1.54) is 0 Å². The van der Waals surface area contributed by atoms with Crippen molar-refractivity contribution in [2.75, 3.05) is 36.4 Å². The van der Waals surface area contributed by atoms with E-state index in [2.05, 4.69) is 34.1 Å². The molecular formula is C22H27N7O2. The van der Waals surface area contributed by atoms with E-state index in [-0.39, 0.29) is 16.7 Å². The molecule has 0 spiro atoms. The Balaban J connectivity index is 1.36. The fourth-order valence-corrected chi connectivity index (χ4v) is 4.94. The molecule has 0 aromatic carbocycles. The molecule has 3 aromatic rings. The number of likely N-dealkylation sites (tertiary alicyclic amines) is 1. The summed E-state index contributed by atoms with van der Waals surface area (Å²) in [6, 6.07) is 3.48. The van der Waals surface area contributed by atoms with Gasteiger partial charge < -0.3 is 19.5 Å². The fourth-order valence-electron chi connectivity index (χ4n) is 4.94. The molecule has 0 bridgehead atoms. The average Bonchev–Trinajstić information content (AvgIpc) is 3.47. The van der Waals surface area contributed by atoms with Gasteiger partial charge in [-0.2, -0.15) is 10.1 Å². The highest BCUT2D eigenvalue weighted by Gasteiger charge is 2.59. The number of hydrogen-bond donors (Lipinski definition) is 1. The zero-order valence-corrected chi connectivity index (χ0v) is 18.3. The van der Waals surface area contributed by atoms with Gasteiger partial charge in [0.05, 0.1) is 18.1 Å². The summed E-state index contributed by atoms with van der Waals surface area (Å²) in [5.74, 6) is 1.86. The Morgan fingerprint density at radius 1 is 1.16 bits per heavy atom. The molecule has 9 heteroatoms. The van der Waals surface area contributed by atoms with E-state index in [1.54, 1.807) is 29.3 Å². The van der Waals surface area contributed by atoms with Crippen molar-refractivity contribution >= 4 is 23.4 Å². The Morgan fingerprint density at radius 3 is 2.52 bits per heavy atom. The van der Waals surface area contributed by atoms with Crippen LogP contribution in [0.25, 0.3) is 0 Å². The molecule has 0 radical (unpaired) electrons. The molecule has 2 aliphatic rings. The van der Waals surface area contributed by atoms with Crippen molar-refractivity contribution in [1.82, 2.24) is 24.6 Å². The monoisotopic (exact) mass is 421 g/mol. The Labute approximate surface area is 181 Å². The molecule has 162 valence electrons. The first-order chi connectivity index (χ1) is 14.8. The fraction of sp³-hybridized carbons (Fsp3) is 0.455. The van der Waals surface area contributed by atoms with Crippen molar-refractivity contribution in [2.24, 2.45) is 17.9 Å². The van der Waals surface area contributed by atoms with E-state index in [0.717, 1.165) is 30.2 Å². The highest BCUT2D eigenvalue weighted by Crippen LogP contribution is 2.52. The van der Waals surface area contributed by atoms with Crippen LogP contribution >= 0.6 is 0 Å². The molecule has 5 heterocycles. The predicted molar refractivity (Wildman–Crippen MR) is 116 cm³/mol. The second-order valence-electron chi connectivity index (χ2n) is 9.34. The van der Waals surface area contributed by atoms with Crippen molar-refractivity contribution in [3.05, 3.63) is 48.3 Å². The van der Waals surface area contributed by atoms with Gasteiger partial charge in [-0.1, -0.05) is 13.8 Å². The largest absolute Gasteiger partial charge is 0.459 e. The predicted octanol–water partition coefficient (Wildman–Crippen LogP) is 2.84. The molecule has 3 aromatic heterocycles. The van der Waals surface area contributed by atoms with E-state index in [0.29, 0.717) is 24.8 Å². The topological polar surface area (TPSA) is 92.3 Å². The SMILES string of the molecule is Cc1cnc(Nc2cnn(C)c2)nc1N1C[C@]2(C)CN(C(=O)c3ccco3)C[C@]2(C)C1. The number of aromatic nitrogens is 4. The van der Waals surface area contributed by atoms with Gasteiger partial charge in [0.15, 0.2) is 5.76 Å². The maximum Gasteiger partial charge on any atom is 0.289 e. The summed E-state index contributed by atoms with van der Waals surface area (Å²) in [6.45, 7) is 9.64. The van der Waals surface area contributed by atoms with Crippen molar-refractivity contribution in [2.45, 2.75) is 20.8 Å². The van der Waals surface area contributed by atoms with E-state index in [4.69, 9.17) is 9.40 Å². The molecule has 1 amide bonds. The third-order valence-electron chi connectivity index (χ3n) is 6.84. The molecular weight excluding hydrogens is 394 g/mol. The third-order valence-corrected chi connectivity index (χ3v) is 6.84. The normalized spacial score (nSPS) is 25.2. The molecule has 2 fully saturated rings. The van der Waals surface area contributed by atoms with E-state index in [1.807, 2.05) is 31.3 Å². The number of nitrogens with one attached hydrogen (secondary N) is 1. The van der Waals surface area contributed by atoms with E-state index in [9.17, 15) is 4.79 Å². The standard InChI is InChI=1S/C22H27N7O2/c1-15-8-23-20(25-16-9-24-27(4)10-16)26-18(15)28-11-21(2)13-29(14-22(21,3)12-28)19(30)17-6-5-7-31-17/h5-10H,11-14H2,1-4H3,(H,23,25,26)/t21-,22+. The number of carbonyl (C=O) groups is 1. The Kier molecular flexibility index (Phi) is 4.32. The molecule has 31 heavy (non-hydrogen) atoms. The smallest absolute Gasteiger partial charge is 0.289 e. The van der Waals surface area contributed by atoms with Gasteiger partial charge in [-0.3, -0.25) is 9.48 Å². The lowest BCUT2D eigenvalue weighted by Crippen LogP contribution is -2.36. The van der Waals surface area contributed by atoms with E-state index >= 15 is 0 Å². The average molecular weight is 422 g/mol.